The summed E-state index contributed by atoms with van der Waals surface area (Å²) in [6.45, 7) is 3.30. The number of rotatable bonds is 8. The van der Waals surface area contributed by atoms with Gasteiger partial charge in [0.25, 0.3) is 0 Å². The van der Waals surface area contributed by atoms with Gasteiger partial charge in [-0.2, -0.15) is 0 Å². The fourth-order valence-corrected chi connectivity index (χ4v) is 4.01. The van der Waals surface area contributed by atoms with Crippen LogP contribution in [0.25, 0.3) is 11.3 Å². The number of carbonyl (C=O) groups is 1. The Morgan fingerprint density at radius 2 is 2.03 bits per heavy atom. The molecule has 4 rings (SSSR count). The highest BCUT2D eigenvalue weighted by Crippen LogP contribution is 2.35. The van der Waals surface area contributed by atoms with Crippen LogP contribution in [0.4, 0.5) is 5.82 Å². The Balaban J connectivity index is 1.59. The molecule has 1 saturated heterocycles. The van der Waals surface area contributed by atoms with Crippen molar-refractivity contribution in [3.05, 3.63) is 29.8 Å². The van der Waals surface area contributed by atoms with Gasteiger partial charge >= 0.3 is 5.97 Å². The van der Waals surface area contributed by atoms with E-state index in [-0.39, 0.29) is 24.0 Å². The van der Waals surface area contributed by atoms with E-state index >= 15 is 0 Å². The van der Waals surface area contributed by atoms with Crippen molar-refractivity contribution in [3.63, 3.8) is 0 Å². The van der Waals surface area contributed by atoms with E-state index in [1.165, 1.54) is 12.8 Å². The lowest BCUT2D eigenvalue weighted by Gasteiger charge is -2.41. The molecule has 2 fully saturated rings. The van der Waals surface area contributed by atoms with Crippen LogP contribution in [0.15, 0.2) is 28.8 Å². The van der Waals surface area contributed by atoms with Gasteiger partial charge in [0, 0.05) is 44.4 Å². The Hall–Kier alpha value is -2.58. The number of nitrogens with zero attached hydrogens (tertiary/aromatic N) is 3. The van der Waals surface area contributed by atoms with Gasteiger partial charge in [0.1, 0.15) is 5.75 Å². The molecule has 2 aromatic rings. The molecule has 0 radical (unpaired) electrons. The van der Waals surface area contributed by atoms with E-state index < -0.39 is 5.97 Å². The van der Waals surface area contributed by atoms with Crippen LogP contribution in [-0.2, 0) is 0 Å². The summed E-state index contributed by atoms with van der Waals surface area (Å²) in [5, 5.41) is 23.5. The third-order valence-corrected chi connectivity index (χ3v) is 5.80. The Kier molecular flexibility index (Phi) is 5.73. The SMILES string of the molecule is COc1ccc(-c2onc(N3CCN(CC4CC4)C(CCO)C3)c2C(=O)O)cc1. The smallest absolute Gasteiger partial charge is 0.343 e. The topological polar surface area (TPSA) is 99.3 Å². The van der Waals surface area contributed by atoms with Crippen molar-refractivity contribution >= 4 is 11.8 Å². The van der Waals surface area contributed by atoms with Crippen molar-refractivity contribution < 1.29 is 24.3 Å². The van der Waals surface area contributed by atoms with Gasteiger partial charge in [-0.3, -0.25) is 4.90 Å². The summed E-state index contributed by atoms with van der Waals surface area (Å²) < 4.78 is 10.7. The summed E-state index contributed by atoms with van der Waals surface area (Å²) in [5.41, 5.74) is 0.717. The number of ether oxygens (including phenoxy) is 1. The maximum absolute atomic E-state index is 12.1. The predicted octanol–water partition coefficient (Wildman–Crippen LogP) is 2.33. The highest BCUT2D eigenvalue weighted by Gasteiger charge is 2.35. The molecule has 2 aliphatic rings. The van der Waals surface area contributed by atoms with E-state index in [4.69, 9.17) is 9.26 Å². The lowest BCUT2D eigenvalue weighted by atomic mass is 10.1. The second kappa shape index (κ2) is 8.42. The van der Waals surface area contributed by atoms with Crippen LogP contribution in [0.5, 0.6) is 5.75 Å². The second-order valence-electron chi connectivity index (χ2n) is 7.79. The number of carboxylic acid groups (broad SMARTS) is 1. The molecule has 1 saturated carbocycles. The largest absolute Gasteiger partial charge is 0.497 e. The van der Waals surface area contributed by atoms with Gasteiger partial charge in [0.05, 0.1) is 7.11 Å². The summed E-state index contributed by atoms with van der Waals surface area (Å²) in [6.07, 6.45) is 3.22. The quantitative estimate of drug-likeness (QED) is 0.695. The molecule has 8 heteroatoms. The van der Waals surface area contributed by atoms with Crippen LogP contribution in [-0.4, -0.2) is 72.2 Å². The molecule has 8 nitrogen and oxygen atoms in total. The number of aromatic carboxylic acids is 1. The van der Waals surface area contributed by atoms with Crippen LogP contribution in [0.1, 0.15) is 29.6 Å². The maximum atomic E-state index is 12.1. The minimum Gasteiger partial charge on any atom is -0.497 e. The van der Waals surface area contributed by atoms with Crippen LogP contribution in [0.2, 0.25) is 0 Å². The highest BCUT2D eigenvalue weighted by molar-refractivity contribution is 5.99. The summed E-state index contributed by atoms with van der Waals surface area (Å²) in [4.78, 5) is 16.5. The van der Waals surface area contributed by atoms with Gasteiger partial charge < -0.3 is 24.4 Å². The van der Waals surface area contributed by atoms with E-state index in [9.17, 15) is 15.0 Å². The molecule has 1 unspecified atom stereocenters. The summed E-state index contributed by atoms with van der Waals surface area (Å²) in [6, 6.07) is 7.22. The van der Waals surface area contributed by atoms with Crippen LogP contribution < -0.4 is 9.64 Å². The average molecular weight is 401 g/mol. The van der Waals surface area contributed by atoms with E-state index in [1.807, 2.05) is 4.90 Å². The van der Waals surface area contributed by atoms with Crippen LogP contribution in [0, 0.1) is 5.92 Å². The fraction of sp³-hybridized carbons (Fsp3) is 0.524. The number of carboxylic acids is 1. The number of aliphatic hydroxyl groups is 1. The standard InChI is InChI=1S/C21H27N3O5/c1-28-17-6-4-15(5-7-17)19-18(21(26)27)20(22-29-19)24-10-9-23(12-14-2-3-14)16(13-24)8-11-25/h4-7,14,16,25H,2-3,8-13H2,1H3,(H,26,27). The van der Waals surface area contributed by atoms with E-state index in [0.717, 1.165) is 19.0 Å². The predicted molar refractivity (Wildman–Crippen MR) is 107 cm³/mol. The number of hydrogen-bond donors (Lipinski definition) is 2. The number of aromatic nitrogens is 1. The van der Waals surface area contributed by atoms with E-state index in [0.29, 0.717) is 36.6 Å². The third-order valence-electron chi connectivity index (χ3n) is 5.80. The van der Waals surface area contributed by atoms with Crippen LogP contribution in [0.3, 0.4) is 0 Å². The van der Waals surface area contributed by atoms with Crippen molar-refractivity contribution in [3.8, 4) is 17.1 Å². The summed E-state index contributed by atoms with van der Waals surface area (Å²) in [7, 11) is 1.58. The zero-order valence-electron chi connectivity index (χ0n) is 16.6. The monoisotopic (exact) mass is 401 g/mol. The molecule has 156 valence electrons. The number of benzene rings is 1. The Bertz CT molecular complexity index is 847. The van der Waals surface area contributed by atoms with Crippen molar-refractivity contribution in [1.82, 2.24) is 10.1 Å². The molecule has 2 heterocycles. The molecule has 29 heavy (non-hydrogen) atoms. The molecular weight excluding hydrogens is 374 g/mol. The number of methoxy groups -OCH3 is 1. The molecule has 1 aromatic heterocycles. The summed E-state index contributed by atoms with van der Waals surface area (Å²) in [5.74, 6) is 0.993. The van der Waals surface area contributed by atoms with Crippen LogP contribution >= 0.6 is 0 Å². The molecule has 1 aliphatic carbocycles. The lowest BCUT2D eigenvalue weighted by Crippen LogP contribution is -2.54. The van der Waals surface area contributed by atoms with Gasteiger partial charge in [-0.05, 0) is 49.4 Å². The molecule has 1 aromatic carbocycles. The van der Waals surface area contributed by atoms with Gasteiger partial charge in [0.15, 0.2) is 17.1 Å². The molecule has 1 atom stereocenters. The summed E-state index contributed by atoms with van der Waals surface area (Å²) >= 11 is 0. The minimum absolute atomic E-state index is 0.0774. The average Bonchev–Trinajstić information content (AvgIpc) is 3.43. The van der Waals surface area contributed by atoms with Crippen molar-refractivity contribution in [2.24, 2.45) is 5.92 Å². The van der Waals surface area contributed by atoms with Gasteiger partial charge in [0.2, 0.25) is 0 Å². The van der Waals surface area contributed by atoms with Crippen molar-refractivity contribution in [1.29, 1.82) is 0 Å². The molecule has 2 N–H and O–H groups in total. The fourth-order valence-electron chi connectivity index (χ4n) is 4.01. The maximum Gasteiger partial charge on any atom is 0.343 e. The van der Waals surface area contributed by atoms with Gasteiger partial charge in [-0.1, -0.05) is 5.16 Å². The van der Waals surface area contributed by atoms with Crippen molar-refractivity contribution in [2.75, 3.05) is 44.8 Å². The first-order chi connectivity index (χ1) is 14.1. The first kappa shape index (κ1) is 19.7. The molecule has 0 bridgehead atoms. The second-order valence-corrected chi connectivity index (χ2v) is 7.79. The Labute approximate surface area is 169 Å². The van der Waals surface area contributed by atoms with E-state index in [2.05, 4.69) is 10.1 Å². The zero-order valence-corrected chi connectivity index (χ0v) is 16.6. The number of anilines is 1. The highest BCUT2D eigenvalue weighted by atomic mass is 16.5. The number of piperazine rings is 1. The molecule has 0 spiro atoms. The zero-order chi connectivity index (χ0) is 20.4. The first-order valence-corrected chi connectivity index (χ1v) is 10.1. The Morgan fingerprint density at radius 3 is 2.66 bits per heavy atom. The molecular formula is C21H27N3O5. The lowest BCUT2D eigenvalue weighted by molar-refractivity contribution is 0.0697. The normalized spacial score (nSPS) is 20.1. The van der Waals surface area contributed by atoms with Gasteiger partial charge in [-0.25, -0.2) is 4.79 Å². The Morgan fingerprint density at radius 1 is 1.28 bits per heavy atom. The first-order valence-electron chi connectivity index (χ1n) is 10.1. The number of hydrogen-bond acceptors (Lipinski definition) is 7. The molecule has 1 aliphatic heterocycles. The number of aliphatic hydroxyl groups excluding tert-OH is 1. The minimum atomic E-state index is -1.06. The van der Waals surface area contributed by atoms with Crippen molar-refractivity contribution in [2.45, 2.75) is 25.3 Å². The van der Waals surface area contributed by atoms with Gasteiger partial charge in [-0.15, -0.1) is 0 Å². The molecule has 0 amide bonds. The third kappa shape index (κ3) is 4.23. The van der Waals surface area contributed by atoms with E-state index in [1.54, 1.807) is 31.4 Å².